The predicted molar refractivity (Wildman–Crippen MR) is 70.9 cm³/mol. The Morgan fingerprint density at radius 2 is 2.11 bits per heavy atom. The lowest BCUT2D eigenvalue weighted by molar-refractivity contribution is -0.119. The maximum absolute atomic E-state index is 12.0. The van der Waals surface area contributed by atoms with Gasteiger partial charge in [-0.25, -0.2) is 0 Å². The van der Waals surface area contributed by atoms with Gasteiger partial charge in [-0.2, -0.15) is 0 Å². The third-order valence-electron chi connectivity index (χ3n) is 3.84. The number of para-hydroxylation sites is 1. The predicted octanol–water partition coefficient (Wildman–Crippen LogP) is 1.64. The lowest BCUT2D eigenvalue weighted by Gasteiger charge is -2.40. The monoisotopic (exact) mass is 248 g/mol. The fourth-order valence-electron chi connectivity index (χ4n) is 2.44. The fraction of sp³-hybridized carbons (Fsp3) is 0.500. The van der Waals surface area contributed by atoms with Crippen molar-refractivity contribution in [3.05, 3.63) is 29.8 Å². The Labute approximate surface area is 107 Å². The molecule has 0 aromatic heterocycles. The summed E-state index contributed by atoms with van der Waals surface area (Å²) in [5.41, 5.74) is 7.19. The molecule has 0 saturated heterocycles. The van der Waals surface area contributed by atoms with E-state index < -0.39 is 0 Å². The molecule has 1 aromatic carbocycles. The SMILES string of the molecule is NCC1(CC(=O)Nc2ccccc2CO)CCC1. The molecular formula is C14H20N2O2. The molecule has 18 heavy (non-hydrogen) atoms. The Kier molecular flexibility index (Phi) is 3.99. The first-order valence-electron chi connectivity index (χ1n) is 6.38. The van der Waals surface area contributed by atoms with Crippen molar-refractivity contribution in [1.82, 2.24) is 0 Å². The molecule has 1 fully saturated rings. The van der Waals surface area contributed by atoms with E-state index in [0.29, 0.717) is 18.7 Å². The van der Waals surface area contributed by atoms with Gasteiger partial charge in [-0.3, -0.25) is 4.79 Å². The fourth-order valence-corrected chi connectivity index (χ4v) is 2.44. The van der Waals surface area contributed by atoms with E-state index in [1.807, 2.05) is 12.1 Å². The lowest BCUT2D eigenvalue weighted by atomic mass is 9.66. The first-order valence-corrected chi connectivity index (χ1v) is 6.38. The first-order chi connectivity index (χ1) is 8.69. The lowest BCUT2D eigenvalue weighted by Crippen LogP contribution is -2.40. The molecule has 0 spiro atoms. The van der Waals surface area contributed by atoms with Gasteiger partial charge in [0.25, 0.3) is 0 Å². The first kappa shape index (κ1) is 13.1. The van der Waals surface area contributed by atoms with E-state index >= 15 is 0 Å². The van der Waals surface area contributed by atoms with Crippen molar-refractivity contribution < 1.29 is 9.90 Å². The van der Waals surface area contributed by atoms with Gasteiger partial charge in [0.2, 0.25) is 5.91 Å². The van der Waals surface area contributed by atoms with Crippen molar-refractivity contribution >= 4 is 11.6 Å². The topological polar surface area (TPSA) is 75.4 Å². The quantitative estimate of drug-likeness (QED) is 0.741. The Hall–Kier alpha value is -1.39. The third-order valence-corrected chi connectivity index (χ3v) is 3.84. The summed E-state index contributed by atoms with van der Waals surface area (Å²) in [6.45, 7) is 0.501. The van der Waals surface area contributed by atoms with Crippen molar-refractivity contribution in [2.24, 2.45) is 11.1 Å². The number of aliphatic hydroxyl groups excluding tert-OH is 1. The average Bonchev–Trinajstić information content (AvgIpc) is 2.34. The third kappa shape index (κ3) is 2.71. The van der Waals surface area contributed by atoms with E-state index in [4.69, 9.17) is 5.73 Å². The number of amides is 1. The van der Waals surface area contributed by atoms with Gasteiger partial charge in [-0.1, -0.05) is 24.6 Å². The molecule has 4 nitrogen and oxygen atoms in total. The molecule has 0 radical (unpaired) electrons. The van der Waals surface area contributed by atoms with Crippen LogP contribution in [-0.4, -0.2) is 17.6 Å². The van der Waals surface area contributed by atoms with Gasteiger partial charge in [0.05, 0.1) is 6.61 Å². The van der Waals surface area contributed by atoms with Crippen molar-refractivity contribution in [3.8, 4) is 0 Å². The van der Waals surface area contributed by atoms with Crippen LogP contribution in [0.3, 0.4) is 0 Å². The minimum atomic E-state index is -0.0709. The van der Waals surface area contributed by atoms with Crippen LogP contribution in [0.1, 0.15) is 31.2 Å². The Bertz CT molecular complexity index is 422. The molecule has 4 N–H and O–H groups in total. The molecule has 1 aliphatic carbocycles. The van der Waals surface area contributed by atoms with Crippen molar-refractivity contribution in [1.29, 1.82) is 0 Å². The summed E-state index contributed by atoms with van der Waals surface area (Å²) in [5.74, 6) is -0.0129. The van der Waals surface area contributed by atoms with Gasteiger partial charge in [0.1, 0.15) is 0 Å². The summed E-state index contributed by atoms with van der Waals surface area (Å²) in [5, 5.41) is 12.1. The van der Waals surface area contributed by atoms with Crippen LogP contribution in [0.5, 0.6) is 0 Å². The summed E-state index contributed by atoms with van der Waals surface area (Å²) in [6.07, 6.45) is 3.72. The highest BCUT2D eigenvalue weighted by Crippen LogP contribution is 2.43. The summed E-state index contributed by atoms with van der Waals surface area (Å²) < 4.78 is 0. The average molecular weight is 248 g/mol. The van der Waals surface area contributed by atoms with E-state index in [-0.39, 0.29) is 17.9 Å². The molecule has 0 unspecified atom stereocenters. The van der Waals surface area contributed by atoms with Crippen LogP contribution < -0.4 is 11.1 Å². The van der Waals surface area contributed by atoms with Crippen LogP contribution in [-0.2, 0) is 11.4 Å². The zero-order valence-corrected chi connectivity index (χ0v) is 10.5. The second kappa shape index (κ2) is 5.50. The molecule has 0 bridgehead atoms. The van der Waals surface area contributed by atoms with Crippen LogP contribution in [0, 0.1) is 5.41 Å². The number of anilines is 1. The molecular weight excluding hydrogens is 228 g/mol. The summed E-state index contributed by atoms with van der Waals surface area (Å²) >= 11 is 0. The van der Waals surface area contributed by atoms with Gasteiger partial charge >= 0.3 is 0 Å². The van der Waals surface area contributed by atoms with E-state index in [0.717, 1.165) is 24.8 Å². The number of rotatable bonds is 5. The maximum atomic E-state index is 12.0. The maximum Gasteiger partial charge on any atom is 0.224 e. The molecule has 1 saturated carbocycles. The van der Waals surface area contributed by atoms with Crippen molar-refractivity contribution in [2.75, 3.05) is 11.9 Å². The van der Waals surface area contributed by atoms with Crippen LogP contribution >= 0.6 is 0 Å². The van der Waals surface area contributed by atoms with Crippen LogP contribution in [0.15, 0.2) is 24.3 Å². The number of benzene rings is 1. The van der Waals surface area contributed by atoms with Gasteiger partial charge in [-0.05, 0) is 30.9 Å². The number of hydrogen-bond acceptors (Lipinski definition) is 3. The number of aliphatic hydroxyl groups is 1. The molecule has 0 heterocycles. The molecule has 0 atom stereocenters. The largest absolute Gasteiger partial charge is 0.392 e. The number of nitrogens with two attached hydrogens (primary N) is 1. The van der Waals surface area contributed by atoms with Crippen LogP contribution in [0.25, 0.3) is 0 Å². The molecule has 98 valence electrons. The van der Waals surface area contributed by atoms with Gasteiger partial charge < -0.3 is 16.2 Å². The minimum Gasteiger partial charge on any atom is -0.392 e. The van der Waals surface area contributed by atoms with Gasteiger partial charge in [-0.15, -0.1) is 0 Å². The van der Waals surface area contributed by atoms with Crippen molar-refractivity contribution in [2.45, 2.75) is 32.3 Å². The smallest absolute Gasteiger partial charge is 0.224 e. The number of carbonyl (C=O) groups excluding carboxylic acids is 1. The summed E-state index contributed by atoms with van der Waals surface area (Å²) in [6, 6.07) is 7.29. The summed E-state index contributed by atoms with van der Waals surface area (Å²) in [4.78, 5) is 12.0. The molecule has 1 aromatic rings. The zero-order valence-electron chi connectivity index (χ0n) is 10.5. The van der Waals surface area contributed by atoms with Crippen LogP contribution in [0.2, 0.25) is 0 Å². The molecule has 4 heteroatoms. The molecule has 1 amide bonds. The number of hydrogen-bond donors (Lipinski definition) is 3. The zero-order chi connectivity index (χ0) is 13.0. The Morgan fingerprint density at radius 3 is 2.67 bits per heavy atom. The molecule has 0 aliphatic heterocycles. The van der Waals surface area contributed by atoms with Crippen LogP contribution in [0.4, 0.5) is 5.69 Å². The van der Waals surface area contributed by atoms with E-state index in [9.17, 15) is 9.90 Å². The normalized spacial score (nSPS) is 17.0. The van der Waals surface area contributed by atoms with E-state index in [1.165, 1.54) is 0 Å². The van der Waals surface area contributed by atoms with Gasteiger partial charge in [0, 0.05) is 17.7 Å². The highest BCUT2D eigenvalue weighted by molar-refractivity contribution is 5.92. The Morgan fingerprint density at radius 1 is 1.39 bits per heavy atom. The highest BCUT2D eigenvalue weighted by atomic mass is 16.3. The number of carbonyl (C=O) groups is 1. The van der Waals surface area contributed by atoms with E-state index in [1.54, 1.807) is 12.1 Å². The van der Waals surface area contributed by atoms with Gasteiger partial charge in [0.15, 0.2) is 0 Å². The Balaban J connectivity index is 1.98. The second-order valence-corrected chi connectivity index (χ2v) is 5.10. The summed E-state index contributed by atoms with van der Waals surface area (Å²) in [7, 11) is 0. The molecule has 2 rings (SSSR count). The second-order valence-electron chi connectivity index (χ2n) is 5.10. The highest BCUT2D eigenvalue weighted by Gasteiger charge is 2.37. The van der Waals surface area contributed by atoms with E-state index in [2.05, 4.69) is 5.32 Å². The standard InChI is InChI=1S/C14H20N2O2/c15-10-14(6-3-7-14)8-13(18)16-12-5-2-1-4-11(12)9-17/h1-2,4-5,17H,3,6-10,15H2,(H,16,18). The molecule has 1 aliphatic rings. The minimum absolute atomic E-state index is 0.0121. The number of nitrogens with one attached hydrogen (secondary N) is 1. The van der Waals surface area contributed by atoms with Crippen molar-refractivity contribution in [3.63, 3.8) is 0 Å².